The van der Waals surface area contributed by atoms with Crippen molar-refractivity contribution in [1.29, 1.82) is 0 Å². The molecule has 0 aliphatic heterocycles. The average molecular weight is 231 g/mol. The smallest absolute Gasteiger partial charge is 0.132 e. The summed E-state index contributed by atoms with van der Waals surface area (Å²) in [4.78, 5) is 0. The standard InChI is InChI=1S/C14H14FNO/c1-9-3-4-10(2)14(5-9)17-13-7-11(15)6-12(16)8-13/h3-8H,16H2,1-2H3. The second-order valence-electron chi connectivity index (χ2n) is 4.09. The first-order valence-corrected chi connectivity index (χ1v) is 5.36. The number of hydrogen-bond donors (Lipinski definition) is 1. The first-order chi connectivity index (χ1) is 8.04. The van der Waals surface area contributed by atoms with E-state index in [4.69, 9.17) is 10.5 Å². The summed E-state index contributed by atoms with van der Waals surface area (Å²) in [5, 5.41) is 0. The molecule has 2 N–H and O–H groups in total. The third-order valence-electron chi connectivity index (χ3n) is 2.47. The van der Waals surface area contributed by atoms with Crippen molar-refractivity contribution in [2.24, 2.45) is 0 Å². The molecular weight excluding hydrogens is 217 g/mol. The molecule has 0 spiro atoms. The highest BCUT2D eigenvalue weighted by molar-refractivity contribution is 5.47. The molecule has 2 rings (SSSR count). The molecule has 0 unspecified atom stereocenters. The molecule has 0 fully saturated rings. The van der Waals surface area contributed by atoms with Crippen molar-refractivity contribution in [3.05, 3.63) is 53.3 Å². The van der Waals surface area contributed by atoms with Crippen LogP contribution in [0.2, 0.25) is 0 Å². The summed E-state index contributed by atoms with van der Waals surface area (Å²) < 4.78 is 18.8. The normalized spacial score (nSPS) is 10.3. The summed E-state index contributed by atoms with van der Waals surface area (Å²) in [5.41, 5.74) is 8.00. The first kappa shape index (κ1) is 11.5. The lowest BCUT2D eigenvalue weighted by molar-refractivity contribution is 0.473. The highest BCUT2D eigenvalue weighted by atomic mass is 19.1. The summed E-state index contributed by atoms with van der Waals surface area (Å²) in [5.74, 6) is 0.733. The molecule has 0 heterocycles. The number of nitrogen functional groups attached to an aromatic ring is 1. The van der Waals surface area contributed by atoms with E-state index in [2.05, 4.69) is 0 Å². The van der Waals surface area contributed by atoms with Gasteiger partial charge in [0.15, 0.2) is 0 Å². The minimum atomic E-state index is -0.398. The Kier molecular flexibility index (Phi) is 3.00. The summed E-state index contributed by atoms with van der Waals surface area (Å²) in [6.45, 7) is 3.92. The molecular formula is C14H14FNO. The number of rotatable bonds is 2. The topological polar surface area (TPSA) is 35.2 Å². The van der Waals surface area contributed by atoms with Crippen molar-refractivity contribution in [1.82, 2.24) is 0 Å². The SMILES string of the molecule is Cc1ccc(C)c(Oc2cc(N)cc(F)c2)c1. The molecule has 0 amide bonds. The first-order valence-electron chi connectivity index (χ1n) is 5.36. The maximum atomic E-state index is 13.2. The zero-order valence-corrected chi connectivity index (χ0v) is 9.83. The van der Waals surface area contributed by atoms with E-state index in [9.17, 15) is 4.39 Å². The number of aryl methyl sites for hydroxylation is 2. The van der Waals surface area contributed by atoms with E-state index in [0.717, 1.165) is 16.9 Å². The van der Waals surface area contributed by atoms with Gasteiger partial charge in [-0.1, -0.05) is 12.1 Å². The Hall–Kier alpha value is -2.03. The molecule has 3 heteroatoms. The van der Waals surface area contributed by atoms with Crippen molar-refractivity contribution in [2.45, 2.75) is 13.8 Å². The van der Waals surface area contributed by atoms with Gasteiger partial charge in [0, 0.05) is 17.8 Å². The van der Waals surface area contributed by atoms with Crippen LogP contribution >= 0.6 is 0 Å². The van der Waals surface area contributed by atoms with Gasteiger partial charge in [0.05, 0.1) is 0 Å². The van der Waals surface area contributed by atoms with Crippen molar-refractivity contribution >= 4 is 5.69 Å². The minimum Gasteiger partial charge on any atom is -0.457 e. The van der Waals surface area contributed by atoms with Crippen LogP contribution in [0.5, 0.6) is 11.5 Å². The van der Waals surface area contributed by atoms with Crippen LogP contribution in [-0.4, -0.2) is 0 Å². The fraction of sp³-hybridized carbons (Fsp3) is 0.143. The predicted octanol–water partition coefficient (Wildman–Crippen LogP) is 3.82. The summed E-state index contributed by atoms with van der Waals surface area (Å²) in [7, 11) is 0. The van der Waals surface area contributed by atoms with Crippen LogP contribution in [0.4, 0.5) is 10.1 Å². The van der Waals surface area contributed by atoms with E-state index in [1.54, 1.807) is 6.07 Å². The maximum Gasteiger partial charge on any atom is 0.132 e. The van der Waals surface area contributed by atoms with Crippen LogP contribution in [0.15, 0.2) is 36.4 Å². The van der Waals surface area contributed by atoms with Crippen LogP contribution in [0.3, 0.4) is 0 Å². The van der Waals surface area contributed by atoms with Gasteiger partial charge in [-0.2, -0.15) is 0 Å². The minimum absolute atomic E-state index is 0.352. The number of hydrogen-bond acceptors (Lipinski definition) is 2. The Morgan fingerprint density at radius 1 is 1.06 bits per heavy atom. The van der Waals surface area contributed by atoms with Crippen LogP contribution in [0.1, 0.15) is 11.1 Å². The molecule has 2 aromatic carbocycles. The monoisotopic (exact) mass is 231 g/mol. The molecule has 2 nitrogen and oxygen atoms in total. The van der Waals surface area contributed by atoms with Crippen LogP contribution in [-0.2, 0) is 0 Å². The van der Waals surface area contributed by atoms with Gasteiger partial charge in [-0.3, -0.25) is 0 Å². The van der Waals surface area contributed by atoms with Crippen molar-refractivity contribution in [3.63, 3.8) is 0 Å². The molecule has 0 aliphatic rings. The number of halogens is 1. The second-order valence-corrected chi connectivity index (χ2v) is 4.09. The molecule has 88 valence electrons. The summed E-state index contributed by atoms with van der Waals surface area (Å²) in [6, 6.07) is 10.1. The quantitative estimate of drug-likeness (QED) is 0.797. The Morgan fingerprint density at radius 2 is 1.82 bits per heavy atom. The molecule has 0 aliphatic carbocycles. The van der Waals surface area contributed by atoms with Gasteiger partial charge in [0.25, 0.3) is 0 Å². The van der Waals surface area contributed by atoms with E-state index >= 15 is 0 Å². The van der Waals surface area contributed by atoms with Gasteiger partial charge in [0.1, 0.15) is 17.3 Å². The summed E-state index contributed by atoms with van der Waals surface area (Å²) >= 11 is 0. The summed E-state index contributed by atoms with van der Waals surface area (Å²) in [6.07, 6.45) is 0. The van der Waals surface area contributed by atoms with E-state index in [-0.39, 0.29) is 0 Å². The number of nitrogens with two attached hydrogens (primary N) is 1. The Balaban J connectivity index is 2.34. The lowest BCUT2D eigenvalue weighted by Gasteiger charge is -2.10. The number of benzene rings is 2. The molecule has 0 atom stereocenters. The molecule has 0 saturated carbocycles. The maximum absolute atomic E-state index is 13.2. The van der Waals surface area contributed by atoms with Gasteiger partial charge >= 0.3 is 0 Å². The third-order valence-corrected chi connectivity index (χ3v) is 2.47. The van der Waals surface area contributed by atoms with E-state index in [1.807, 2.05) is 32.0 Å². The third kappa shape index (κ3) is 2.75. The number of anilines is 1. The van der Waals surface area contributed by atoms with Crippen LogP contribution in [0, 0.1) is 19.7 Å². The van der Waals surface area contributed by atoms with Crippen molar-refractivity contribution in [2.75, 3.05) is 5.73 Å². The van der Waals surface area contributed by atoms with E-state index < -0.39 is 5.82 Å². The van der Waals surface area contributed by atoms with Gasteiger partial charge in [-0.05, 0) is 37.1 Å². The molecule has 0 bridgehead atoms. The Bertz CT molecular complexity index is 532. The van der Waals surface area contributed by atoms with Gasteiger partial charge < -0.3 is 10.5 Å². The molecule has 17 heavy (non-hydrogen) atoms. The van der Waals surface area contributed by atoms with Gasteiger partial charge in [0.2, 0.25) is 0 Å². The fourth-order valence-electron chi connectivity index (χ4n) is 1.59. The molecule has 0 saturated heterocycles. The molecule has 0 aromatic heterocycles. The van der Waals surface area contributed by atoms with E-state index in [1.165, 1.54) is 12.1 Å². The Labute approximate surface area is 99.8 Å². The van der Waals surface area contributed by atoms with Crippen molar-refractivity contribution < 1.29 is 9.13 Å². The zero-order chi connectivity index (χ0) is 12.4. The zero-order valence-electron chi connectivity index (χ0n) is 9.83. The van der Waals surface area contributed by atoms with Gasteiger partial charge in [-0.25, -0.2) is 4.39 Å². The van der Waals surface area contributed by atoms with Crippen molar-refractivity contribution in [3.8, 4) is 11.5 Å². The lowest BCUT2D eigenvalue weighted by Crippen LogP contribution is -1.92. The fourth-order valence-corrected chi connectivity index (χ4v) is 1.59. The second kappa shape index (κ2) is 4.45. The predicted molar refractivity (Wildman–Crippen MR) is 66.8 cm³/mol. The Morgan fingerprint density at radius 3 is 2.53 bits per heavy atom. The molecule has 2 aromatic rings. The highest BCUT2D eigenvalue weighted by Gasteiger charge is 2.04. The lowest BCUT2D eigenvalue weighted by atomic mass is 10.1. The molecule has 0 radical (unpaired) electrons. The largest absolute Gasteiger partial charge is 0.457 e. The van der Waals surface area contributed by atoms with Crippen LogP contribution in [0.25, 0.3) is 0 Å². The average Bonchev–Trinajstić information content (AvgIpc) is 2.22. The number of ether oxygens (including phenoxy) is 1. The van der Waals surface area contributed by atoms with Gasteiger partial charge in [-0.15, -0.1) is 0 Å². The highest BCUT2D eigenvalue weighted by Crippen LogP contribution is 2.27. The van der Waals surface area contributed by atoms with Crippen LogP contribution < -0.4 is 10.5 Å². The van der Waals surface area contributed by atoms with E-state index in [0.29, 0.717) is 11.4 Å².